The Kier molecular flexibility index (Phi) is 9.42. The Labute approximate surface area is 89.6 Å². The van der Waals surface area contributed by atoms with Crippen LogP contribution in [0.3, 0.4) is 0 Å². The van der Waals surface area contributed by atoms with E-state index in [9.17, 15) is 0 Å². The fraction of sp³-hybridized carbons (Fsp3) is 0.917. The molecule has 0 saturated heterocycles. The van der Waals surface area contributed by atoms with Gasteiger partial charge in [-0.25, -0.2) is 0 Å². The van der Waals surface area contributed by atoms with E-state index in [1.54, 1.807) is 0 Å². The number of nitrogens with zero attached hydrogens (tertiary/aromatic N) is 1. The molecule has 0 saturated carbocycles. The Morgan fingerprint density at radius 1 is 1.07 bits per heavy atom. The highest BCUT2D eigenvalue weighted by molar-refractivity contribution is 4.63. The van der Waals surface area contributed by atoms with E-state index in [4.69, 9.17) is 4.74 Å². The van der Waals surface area contributed by atoms with Crippen LogP contribution in [0.25, 0.3) is 0 Å². The third-order valence-electron chi connectivity index (χ3n) is 2.20. The van der Waals surface area contributed by atoms with Crippen molar-refractivity contribution in [1.29, 1.82) is 0 Å². The zero-order valence-electron chi connectivity index (χ0n) is 10.3. The summed E-state index contributed by atoms with van der Waals surface area (Å²) in [6, 6.07) is 0. The summed E-state index contributed by atoms with van der Waals surface area (Å²) in [7, 11) is 0. The second-order valence-electron chi connectivity index (χ2n) is 3.61. The summed E-state index contributed by atoms with van der Waals surface area (Å²) in [6.07, 6.45) is 4.74. The van der Waals surface area contributed by atoms with Crippen LogP contribution in [0.4, 0.5) is 0 Å². The van der Waals surface area contributed by atoms with Crippen LogP contribution in [0, 0.1) is 6.61 Å². The first-order valence-corrected chi connectivity index (χ1v) is 6.01. The van der Waals surface area contributed by atoms with Crippen molar-refractivity contribution in [2.75, 3.05) is 13.1 Å². The maximum atomic E-state index is 5.71. The van der Waals surface area contributed by atoms with E-state index in [0.717, 1.165) is 25.9 Å². The third-order valence-corrected chi connectivity index (χ3v) is 2.20. The molecule has 1 radical (unpaired) electrons. The van der Waals surface area contributed by atoms with Gasteiger partial charge in [-0.1, -0.05) is 27.7 Å². The van der Waals surface area contributed by atoms with E-state index in [-0.39, 0.29) is 6.23 Å². The minimum Gasteiger partial charge on any atom is -0.357 e. The molecule has 0 rings (SSSR count). The fourth-order valence-corrected chi connectivity index (χ4v) is 1.62. The zero-order valence-corrected chi connectivity index (χ0v) is 10.3. The third kappa shape index (κ3) is 5.61. The molecule has 2 nitrogen and oxygen atoms in total. The summed E-state index contributed by atoms with van der Waals surface area (Å²) in [5, 5.41) is 0. The molecule has 0 bridgehead atoms. The molecule has 0 heterocycles. The maximum Gasteiger partial charge on any atom is 0.110 e. The second-order valence-corrected chi connectivity index (χ2v) is 3.61. The van der Waals surface area contributed by atoms with Crippen molar-refractivity contribution in [3.05, 3.63) is 6.61 Å². The summed E-state index contributed by atoms with van der Waals surface area (Å²) in [5.41, 5.74) is 0. The summed E-state index contributed by atoms with van der Waals surface area (Å²) in [5.74, 6) is 0. The van der Waals surface area contributed by atoms with Gasteiger partial charge in [0.1, 0.15) is 6.23 Å². The van der Waals surface area contributed by atoms with Crippen molar-refractivity contribution < 1.29 is 4.74 Å². The maximum absolute atomic E-state index is 5.71. The average molecular weight is 200 g/mol. The highest BCUT2D eigenvalue weighted by Gasteiger charge is 2.14. The normalized spacial score (nSPS) is 13.5. The first-order chi connectivity index (χ1) is 6.79. The fourth-order valence-electron chi connectivity index (χ4n) is 1.62. The van der Waals surface area contributed by atoms with Crippen LogP contribution in [0.5, 0.6) is 0 Å². The van der Waals surface area contributed by atoms with Crippen molar-refractivity contribution in [3.63, 3.8) is 0 Å². The molecule has 0 aromatic carbocycles. The van der Waals surface area contributed by atoms with Gasteiger partial charge in [0.2, 0.25) is 0 Å². The smallest absolute Gasteiger partial charge is 0.110 e. The van der Waals surface area contributed by atoms with Crippen LogP contribution in [-0.4, -0.2) is 24.2 Å². The Balaban J connectivity index is 3.96. The molecule has 2 heteroatoms. The molecule has 0 N–H and O–H groups in total. The second kappa shape index (κ2) is 9.47. The van der Waals surface area contributed by atoms with Gasteiger partial charge < -0.3 is 4.74 Å². The van der Waals surface area contributed by atoms with Gasteiger partial charge in [0.25, 0.3) is 0 Å². The molecule has 1 atom stereocenters. The largest absolute Gasteiger partial charge is 0.357 e. The Hall–Kier alpha value is -0.0800. The standard InChI is InChI=1S/C12H26NO/c1-5-9-13(10-6-2)12(8-4)14-11-7-3/h11-12H,5-10H2,1-4H3. The molecular weight excluding hydrogens is 174 g/mol. The predicted molar refractivity (Wildman–Crippen MR) is 61.9 cm³/mol. The number of hydrogen-bond acceptors (Lipinski definition) is 2. The molecule has 0 aromatic rings. The highest BCUT2D eigenvalue weighted by Crippen LogP contribution is 2.09. The lowest BCUT2D eigenvalue weighted by molar-refractivity contribution is -0.0332. The first-order valence-electron chi connectivity index (χ1n) is 6.01. The quantitative estimate of drug-likeness (QED) is 0.529. The van der Waals surface area contributed by atoms with Gasteiger partial charge in [-0.3, -0.25) is 4.90 Å². The Morgan fingerprint density at radius 2 is 1.64 bits per heavy atom. The molecule has 85 valence electrons. The van der Waals surface area contributed by atoms with E-state index in [1.807, 2.05) is 6.61 Å². The minimum absolute atomic E-state index is 0.287. The molecule has 0 aromatic heterocycles. The van der Waals surface area contributed by atoms with E-state index in [2.05, 4.69) is 32.6 Å². The number of rotatable bonds is 9. The highest BCUT2D eigenvalue weighted by atomic mass is 16.5. The molecule has 1 unspecified atom stereocenters. The van der Waals surface area contributed by atoms with Crippen LogP contribution >= 0.6 is 0 Å². The van der Waals surface area contributed by atoms with Crippen molar-refractivity contribution in [2.24, 2.45) is 0 Å². The average Bonchev–Trinajstić information content (AvgIpc) is 2.19. The van der Waals surface area contributed by atoms with E-state index in [1.165, 1.54) is 12.8 Å². The number of hydrogen-bond donors (Lipinski definition) is 0. The lowest BCUT2D eigenvalue weighted by atomic mass is 10.3. The first kappa shape index (κ1) is 13.9. The topological polar surface area (TPSA) is 12.5 Å². The molecule has 14 heavy (non-hydrogen) atoms. The van der Waals surface area contributed by atoms with Crippen LogP contribution in [-0.2, 0) is 4.74 Å². The van der Waals surface area contributed by atoms with Gasteiger partial charge in [-0.15, -0.1) is 0 Å². The van der Waals surface area contributed by atoms with Gasteiger partial charge >= 0.3 is 0 Å². The van der Waals surface area contributed by atoms with Gasteiger partial charge in [-0.05, 0) is 25.7 Å². The SMILES string of the molecule is CC[CH]OC(CC)N(CCC)CCC. The summed E-state index contributed by atoms with van der Waals surface area (Å²) >= 11 is 0. The monoisotopic (exact) mass is 200 g/mol. The van der Waals surface area contributed by atoms with Gasteiger partial charge in [0, 0.05) is 13.1 Å². The van der Waals surface area contributed by atoms with Crippen LogP contribution in [0.2, 0.25) is 0 Å². The van der Waals surface area contributed by atoms with E-state index in [0.29, 0.717) is 0 Å². The zero-order chi connectivity index (χ0) is 10.8. The molecule has 0 aliphatic rings. The van der Waals surface area contributed by atoms with Crippen molar-refractivity contribution >= 4 is 0 Å². The molecule has 0 spiro atoms. The predicted octanol–water partition coefficient (Wildman–Crippen LogP) is 3.43. The van der Waals surface area contributed by atoms with Crippen LogP contribution < -0.4 is 0 Å². The molecule has 0 fully saturated rings. The molecule has 0 amide bonds. The molecule has 0 aliphatic heterocycles. The Morgan fingerprint density at radius 3 is 2.00 bits per heavy atom. The van der Waals surface area contributed by atoms with E-state index < -0.39 is 0 Å². The molecular formula is C12H26NO. The van der Waals surface area contributed by atoms with Gasteiger partial charge in [-0.2, -0.15) is 0 Å². The van der Waals surface area contributed by atoms with Crippen LogP contribution in [0.1, 0.15) is 53.4 Å². The van der Waals surface area contributed by atoms with Crippen molar-refractivity contribution in [3.8, 4) is 0 Å². The van der Waals surface area contributed by atoms with Gasteiger partial charge in [0.05, 0.1) is 6.61 Å². The van der Waals surface area contributed by atoms with Crippen molar-refractivity contribution in [1.82, 2.24) is 4.90 Å². The number of ether oxygens (including phenoxy) is 1. The summed E-state index contributed by atoms with van der Waals surface area (Å²) in [6.45, 7) is 12.9. The minimum atomic E-state index is 0.287. The summed E-state index contributed by atoms with van der Waals surface area (Å²) in [4.78, 5) is 2.44. The molecule has 0 aliphatic carbocycles. The lowest BCUT2D eigenvalue weighted by Gasteiger charge is -2.30. The van der Waals surface area contributed by atoms with Crippen molar-refractivity contribution in [2.45, 2.75) is 59.6 Å². The van der Waals surface area contributed by atoms with E-state index >= 15 is 0 Å². The van der Waals surface area contributed by atoms with Gasteiger partial charge in [0.15, 0.2) is 0 Å². The lowest BCUT2D eigenvalue weighted by Crippen LogP contribution is -2.37. The summed E-state index contributed by atoms with van der Waals surface area (Å²) < 4.78 is 5.71. The van der Waals surface area contributed by atoms with Crippen LogP contribution in [0.15, 0.2) is 0 Å². The Bertz CT molecular complexity index is 111.